The van der Waals surface area contributed by atoms with E-state index in [4.69, 9.17) is 9.47 Å². The summed E-state index contributed by atoms with van der Waals surface area (Å²) in [6.07, 6.45) is -5.09. The Bertz CT molecular complexity index is 1620. The number of aldehydes is 1. The molecule has 3 N–H and O–H groups in total. The Morgan fingerprint density at radius 1 is 1.09 bits per heavy atom. The summed E-state index contributed by atoms with van der Waals surface area (Å²) in [5.41, 5.74) is 1.43. The molecule has 0 saturated heterocycles. The molecule has 4 atom stereocenters. The Labute approximate surface area is 256 Å². The lowest BCUT2D eigenvalue weighted by Crippen LogP contribution is -2.55. The molecule has 45 heavy (non-hydrogen) atoms. The van der Waals surface area contributed by atoms with E-state index in [9.17, 15) is 37.8 Å². The van der Waals surface area contributed by atoms with Gasteiger partial charge in [-0.3, -0.25) is 14.4 Å². The molecule has 0 saturated carbocycles. The number of rotatable bonds is 9. The van der Waals surface area contributed by atoms with Crippen molar-refractivity contribution in [1.29, 1.82) is 0 Å². The molecule has 3 aromatic rings. The monoisotopic (exact) mass is 624 g/mol. The second-order valence-corrected chi connectivity index (χ2v) is 10.9. The number of fused-ring (bicyclic) bond motifs is 3. The highest BCUT2D eigenvalue weighted by atomic mass is 19.4. The SMILES string of the molecule is COc1cc(C=O)cc2c1OC1C2C(C(=O)NCCO)=CC(N(Cc2ccc(C)cc2)C(=O)c2ccc(C(F)(F)F)cc2)C1O. The Balaban J connectivity index is 1.62. The molecular formula is C33H31F3N2O7. The van der Waals surface area contributed by atoms with E-state index in [-0.39, 0.29) is 47.9 Å². The van der Waals surface area contributed by atoms with Gasteiger partial charge in [-0.15, -0.1) is 0 Å². The molecule has 0 bridgehead atoms. The zero-order valence-corrected chi connectivity index (χ0v) is 24.4. The molecule has 236 valence electrons. The minimum atomic E-state index is -4.60. The summed E-state index contributed by atoms with van der Waals surface area (Å²) < 4.78 is 51.4. The van der Waals surface area contributed by atoms with E-state index >= 15 is 0 Å². The number of aliphatic hydroxyl groups excluding tert-OH is 2. The van der Waals surface area contributed by atoms with E-state index in [0.29, 0.717) is 17.4 Å². The second-order valence-electron chi connectivity index (χ2n) is 10.9. The largest absolute Gasteiger partial charge is 0.493 e. The molecule has 0 fully saturated rings. The van der Waals surface area contributed by atoms with Gasteiger partial charge in [-0.25, -0.2) is 0 Å². The van der Waals surface area contributed by atoms with Crippen LogP contribution in [0.3, 0.4) is 0 Å². The molecule has 5 rings (SSSR count). The van der Waals surface area contributed by atoms with E-state index in [1.165, 1.54) is 30.2 Å². The van der Waals surface area contributed by atoms with Gasteiger partial charge in [0.1, 0.15) is 18.5 Å². The molecule has 1 aliphatic heterocycles. The number of nitrogens with zero attached hydrogens (tertiary/aromatic N) is 1. The van der Waals surface area contributed by atoms with Crippen LogP contribution in [0.1, 0.15) is 48.9 Å². The second kappa shape index (κ2) is 12.7. The van der Waals surface area contributed by atoms with Gasteiger partial charge in [-0.2, -0.15) is 13.2 Å². The number of methoxy groups -OCH3 is 1. The Morgan fingerprint density at radius 2 is 1.78 bits per heavy atom. The van der Waals surface area contributed by atoms with Crippen molar-refractivity contribution in [1.82, 2.24) is 10.2 Å². The van der Waals surface area contributed by atoms with Crippen LogP contribution >= 0.6 is 0 Å². The Kier molecular flexibility index (Phi) is 8.98. The summed E-state index contributed by atoms with van der Waals surface area (Å²) in [5, 5.41) is 23.8. The number of carbonyl (C=O) groups excluding carboxylic acids is 3. The smallest absolute Gasteiger partial charge is 0.416 e. The van der Waals surface area contributed by atoms with Crippen molar-refractivity contribution in [2.24, 2.45) is 0 Å². The van der Waals surface area contributed by atoms with Crippen molar-refractivity contribution in [2.75, 3.05) is 20.3 Å². The zero-order chi connectivity index (χ0) is 32.5. The van der Waals surface area contributed by atoms with Gasteiger partial charge in [0.05, 0.1) is 31.2 Å². The summed E-state index contributed by atoms with van der Waals surface area (Å²) in [4.78, 5) is 40.5. The topological polar surface area (TPSA) is 125 Å². The minimum absolute atomic E-state index is 0.0583. The molecule has 2 amide bonds. The molecule has 2 aliphatic rings. The first-order valence-corrected chi connectivity index (χ1v) is 14.1. The van der Waals surface area contributed by atoms with Crippen LogP contribution in [0.4, 0.5) is 13.2 Å². The van der Waals surface area contributed by atoms with Crippen molar-refractivity contribution in [3.05, 3.63) is 106 Å². The van der Waals surface area contributed by atoms with Crippen molar-refractivity contribution >= 4 is 18.1 Å². The van der Waals surface area contributed by atoms with Gasteiger partial charge in [0, 0.05) is 35.4 Å². The van der Waals surface area contributed by atoms with E-state index in [1.807, 2.05) is 19.1 Å². The van der Waals surface area contributed by atoms with Crippen molar-refractivity contribution in [3.63, 3.8) is 0 Å². The number of hydrogen-bond donors (Lipinski definition) is 3. The normalized spacial score (nSPS) is 20.3. The third-order valence-corrected chi connectivity index (χ3v) is 7.96. The number of alkyl halides is 3. The molecule has 1 aliphatic carbocycles. The number of amides is 2. The highest BCUT2D eigenvalue weighted by Crippen LogP contribution is 2.51. The van der Waals surface area contributed by atoms with Crippen LogP contribution in [0, 0.1) is 6.92 Å². The van der Waals surface area contributed by atoms with Crippen molar-refractivity contribution in [3.8, 4) is 11.5 Å². The number of carbonyl (C=O) groups is 3. The first kappa shape index (κ1) is 31.7. The molecule has 0 radical (unpaired) electrons. The quantitative estimate of drug-likeness (QED) is 0.310. The number of aliphatic hydroxyl groups is 2. The van der Waals surface area contributed by atoms with Crippen molar-refractivity contribution < 1.29 is 47.2 Å². The molecular weight excluding hydrogens is 593 g/mol. The van der Waals surface area contributed by atoms with Crippen LogP contribution < -0.4 is 14.8 Å². The lowest BCUT2D eigenvalue weighted by Gasteiger charge is -2.40. The number of aryl methyl sites for hydroxylation is 1. The Hall–Kier alpha value is -4.68. The van der Waals surface area contributed by atoms with Crippen LogP contribution in [-0.2, 0) is 17.5 Å². The molecule has 1 heterocycles. The fraction of sp³-hybridized carbons (Fsp3) is 0.303. The van der Waals surface area contributed by atoms with Crippen LogP contribution in [0.2, 0.25) is 0 Å². The highest BCUT2D eigenvalue weighted by molar-refractivity contribution is 5.98. The predicted octanol–water partition coefficient (Wildman–Crippen LogP) is 3.80. The molecule has 9 nitrogen and oxygen atoms in total. The number of benzene rings is 3. The summed E-state index contributed by atoms with van der Waals surface area (Å²) in [7, 11) is 1.38. The van der Waals surface area contributed by atoms with Gasteiger partial charge in [0.2, 0.25) is 5.91 Å². The van der Waals surface area contributed by atoms with E-state index < -0.39 is 47.7 Å². The zero-order valence-electron chi connectivity index (χ0n) is 24.4. The molecule has 3 aromatic carbocycles. The van der Waals surface area contributed by atoms with Gasteiger partial charge < -0.3 is 29.9 Å². The molecule has 4 unspecified atom stereocenters. The average Bonchev–Trinajstić information content (AvgIpc) is 3.42. The number of hydrogen-bond acceptors (Lipinski definition) is 7. The van der Waals surface area contributed by atoms with E-state index in [2.05, 4.69) is 5.32 Å². The number of nitrogens with one attached hydrogen (secondary N) is 1. The van der Waals surface area contributed by atoms with Gasteiger partial charge in [0.25, 0.3) is 5.91 Å². The maximum Gasteiger partial charge on any atom is 0.416 e. The van der Waals surface area contributed by atoms with Crippen LogP contribution in [0.5, 0.6) is 11.5 Å². The minimum Gasteiger partial charge on any atom is -0.493 e. The fourth-order valence-corrected chi connectivity index (χ4v) is 5.73. The van der Waals surface area contributed by atoms with Crippen LogP contribution in [0.25, 0.3) is 0 Å². The van der Waals surface area contributed by atoms with Gasteiger partial charge in [0.15, 0.2) is 11.5 Å². The predicted molar refractivity (Wildman–Crippen MR) is 156 cm³/mol. The standard InChI is InChI=1S/C33H31F3N2O7/c1-18-3-5-19(6-4-18)16-38(32(43)21-7-9-22(10-8-21)33(34,35)36)25-15-24(31(42)37-11-12-39)27-23-13-20(17-40)14-26(44-2)29(23)45-30(27)28(25)41/h3-10,13-15,17,25,27-28,30,39,41H,11-12,16H2,1-2H3,(H,37,42). The fourth-order valence-electron chi connectivity index (χ4n) is 5.73. The highest BCUT2D eigenvalue weighted by Gasteiger charge is 2.51. The molecule has 12 heteroatoms. The molecule has 0 spiro atoms. The number of ether oxygens (including phenoxy) is 2. The first-order chi connectivity index (χ1) is 21.5. The van der Waals surface area contributed by atoms with Crippen LogP contribution in [-0.4, -0.2) is 71.7 Å². The maximum absolute atomic E-state index is 14.0. The van der Waals surface area contributed by atoms with E-state index in [1.54, 1.807) is 12.1 Å². The summed E-state index contributed by atoms with van der Waals surface area (Å²) in [6, 6.07) is 12.8. The van der Waals surface area contributed by atoms with Gasteiger partial charge >= 0.3 is 6.18 Å². The summed E-state index contributed by atoms with van der Waals surface area (Å²) in [6.45, 7) is 1.40. The molecule has 0 aromatic heterocycles. The van der Waals surface area contributed by atoms with E-state index in [0.717, 1.165) is 29.8 Å². The van der Waals surface area contributed by atoms with Gasteiger partial charge in [-0.05, 0) is 55.0 Å². The average molecular weight is 625 g/mol. The van der Waals surface area contributed by atoms with Crippen molar-refractivity contribution in [2.45, 2.75) is 43.8 Å². The summed E-state index contributed by atoms with van der Waals surface area (Å²) >= 11 is 0. The summed E-state index contributed by atoms with van der Waals surface area (Å²) in [5.74, 6) is -1.73. The van der Waals surface area contributed by atoms with Gasteiger partial charge in [-0.1, -0.05) is 29.8 Å². The lowest BCUT2D eigenvalue weighted by atomic mass is 9.77. The van der Waals surface area contributed by atoms with Crippen LogP contribution in [0.15, 0.2) is 72.3 Å². The number of halogens is 3. The third kappa shape index (κ3) is 6.29. The maximum atomic E-state index is 14.0. The third-order valence-electron chi connectivity index (χ3n) is 7.96. The Morgan fingerprint density at radius 3 is 2.38 bits per heavy atom. The lowest BCUT2D eigenvalue weighted by molar-refractivity contribution is -0.137. The first-order valence-electron chi connectivity index (χ1n) is 14.1.